The summed E-state index contributed by atoms with van der Waals surface area (Å²) in [6, 6.07) is 16.0. The van der Waals surface area contributed by atoms with E-state index in [0.29, 0.717) is 41.7 Å². The number of piperidine rings is 1. The molecule has 3 aromatic carbocycles. The minimum atomic E-state index is -3.98. The number of halogens is 3. The van der Waals surface area contributed by atoms with Crippen molar-refractivity contribution in [1.82, 2.24) is 9.21 Å². The SMILES string of the molecule is O=C(Nc1cc(Cl)ccc1Cl)C1CCCCN1C(=O)c1ccc(Cl)c(S(=O)(=O)N2CCc3ccccc3C2)c1. The molecular weight excluding hydrogens is 581 g/mol. The molecule has 204 valence electrons. The normalized spacial score (nSPS) is 17.9. The monoisotopic (exact) mass is 605 g/mol. The van der Waals surface area contributed by atoms with Gasteiger partial charge in [-0.1, -0.05) is 59.1 Å². The highest BCUT2D eigenvalue weighted by atomic mass is 35.5. The van der Waals surface area contributed by atoms with Gasteiger partial charge in [0.05, 0.1) is 15.7 Å². The van der Waals surface area contributed by atoms with Gasteiger partial charge >= 0.3 is 0 Å². The number of rotatable bonds is 5. The summed E-state index contributed by atoms with van der Waals surface area (Å²) in [5, 5.41) is 3.56. The lowest BCUT2D eigenvalue weighted by Gasteiger charge is -2.35. The van der Waals surface area contributed by atoms with Gasteiger partial charge in [0.15, 0.2) is 0 Å². The zero-order valence-electron chi connectivity index (χ0n) is 20.9. The number of nitrogens with one attached hydrogen (secondary N) is 1. The first-order valence-electron chi connectivity index (χ1n) is 12.6. The molecule has 1 atom stereocenters. The van der Waals surface area contributed by atoms with E-state index in [1.165, 1.54) is 27.4 Å². The second-order valence-corrected chi connectivity index (χ2v) is 12.8. The number of carbonyl (C=O) groups is 2. The van der Waals surface area contributed by atoms with Crippen molar-refractivity contribution < 1.29 is 18.0 Å². The van der Waals surface area contributed by atoms with E-state index < -0.39 is 22.0 Å². The fourth-order valence-electron chi connectivity index (χ4n) is 5.07. The van der Waals surface area contributed by atoms with Crippen LogP contribution in [0.4, 0.5) is 5.69 Å². The topological polar surface area (TPSA) is 86.8 Å². The molecule has 3 aromatic rings. The van der Waals surface area contributed by atoms with Crippen LogP contribution in [0.5, 0.6) is 0 Å². The Morgan fingerprint density at radius 3 is 2.41 bits per heavy atom. The summed E-state index contributed by atoms with van der Waals surface area (Å²) >= 11 is 18.6. The minimum absolute atomic E-state index is 0.0361. The first kappa shape index (κ1) is 27.9. The van der Waals surface area contributed by atoms with Gasteiger partial charge in [0.1, 0.15) is 10.9 Å². The van der Waals surface area contributed by atoms with Crippen LogP contribution in [0.25, 0.3) is 0 Å². The van der Waals surface area contributed by atoms with Crippen LogP contribution in [-0.4, -0.2) is 48.6 Å². The summed E-state index contributed by atoms with van der Waals surface area (Å²) in [4.78, 5) is 28.3. The van der Waals surface area contributed by atoms with Crippen molar-refractivity contribution in [3.63, 3.8) is 0 Å². The fourth-order valence-corrected chi connectivity index (χ4v) is 7.33. The Bertz CT molecular complexity index is 1550. The van der Waals surface area contributed by atoms with E-state index in [2.05, 4.69) is 5.32 Å². The Morgan fingerprint density at radius 1 is 0.872 bits per heavy atom. The molecule has 0 radical (unpaired) electrons. The number of likely N-dealkylation sites (tertiary alicyclic amines) is 1. The minimum Gasteiger partial charge on any atom is -0.327 e. The zero-order valence-corrected chi connectivity index (χ0v) is 24.0. The number of amides is 2. The third-order valence-electron chi connectivity index (χ3n) is 7.14. The fraction of sp³-hybridized carbons (Fsp3) is 0.286. The molecule has 1 unspecified atom stereocenters. The zero-order chi connectivity index (χ0) is 27.7. The van der Waals surface area contributed by atoms with Gasteiger partial charge in [-0.25, -0.2) is 8.42 Å². The van der Waals surface area contributed by atoms with Crippen LogP contribution in [0, 0.1) is 0 Å². The third-order valence-corrected chi connectivity index (χ3v) is 10.0. The van der Waals surface area contributed by atoms with E-state index in [1.807, 2.05) is 24.3 Å². The van der Waals surface area contributed by atoms with Crippen LogP contribution in [-0.2, 0) is 27.8 Å². The molecule has 11 heteroatoms. The van der Waals surface area contributed by atoms with Crippen LogP contribution >= 0.6 is 34.8 Å². The highest BCUT2D eigenvalue weighted by Crippen LogP contribution is 2.32. The van der Waals surface area contributed by atoms with Crippen molar-refractivity contribution in [2.45, 2.75) is 43.2 Å². The molecule has 0 spiro atoms. The molecule has 7 nitrogen and oxygen atoms in total. The van der Waals surface area contributed by atoms with Gasteiger partial charge in [0, 0.05) is 30.2 Å². The number of benzene rings is 3. The number of anilines is 1. The summed E-state index contributed by atoms with van der Waals surface area (Å²) in [6.07, 6.45) is 2.54. The molecule has 2 aliphatic rings. The predicted octanol–water partition coefficient (Wildman–Crippen LogP) is 6.03. The molecule has 1 saturated heterocycles. The first-order chi connectivity index (χ1) is 18.6. The average Bonchev–Trinajstić information content (AvgIpc) is 2.94. The van der Waals surface area contributed by atoms with Crippen molar-refractivity contribution >= 4 is 62.3 Å². The van der Waals surface area contributed by atoms with E-state index in [0.717, 1.165) is 24.0 Å². The van der Waals surface area contributed by atoms with Gasteiger partial charge < -0.3 is 10.2 Å². The third kappa shape index (κ3) is 5.81. The van der Waals surface area contributed by atoms with Gasteiger partial charge in [-0.15, -0.1) is 0 Å². The largest absolute Gasteiger partial charge is 0.327 e. The van der Waals surface area contributed by atoms with Gasteiger partial charge in [-0.2, -0.15) is 4.31 Å². The summed E-state index contributed by atoms with van der Waals surface area (Å²) in [6.45, 7) is 0.898. The summed E-state index contributed by atoms with van der Waals surface area (Å²) in [5.74, 6) is -0.829. The molecule has 2 heterocycles. The van der Waals surface area contributed by atoms with Crippen LogP contribution < -0.4 is 5.32 Å². The maximum atomic E-state index is 13.7. The molecule has 2 amide bonds. The maximum Gasteiger partial charge on any atom is 0.254 e. The van der Waals surface area contributed by atoms with E-state index in [-0.39, 0.29) is 27.9 Å². The maximum absolute atomic E-state index is 13.7. The second kappa shape index (κ2) is 11.5. The number of sulfonamides is 1. The lowest BCUT2D eigenvalue weighted by atomic mass is 10.00. The van der Waals surface area contributed by atoms with E-state index in [1.54, 1.807) is 18.2 Å². The van der Waals surface area contributed by atoms with Gasteiger partial charge in [0.25, 0.3) is 5.91 Å². The number of fused-ring (bicyclic) bond motifs is 1. The van der Waals surface area contributed by atoms with E-state index in [9.17, 15) is 18.0 Å². The highest BCUT2D eigenvalue weighted by Gasteiger charge is 2.35. The Hall–Kier alpha value is -2.62. The molecule has 1 N–H and O–H groups in total. The average molecular weight is 607 g/mol. The van der Waals surface area contributed by atoms with Crippen LogP contribution in [0.2, 0.25) is 15.1 Å². The number of hydrogen-bond acceptors (Lipinski definition) is 4. The Kier molecular flexibility index (Phi) is 8.21. The summed E-state index contributed by atoms with van der Waals surface area (Å²) in [5.41, 5.74) is 2.57. The van der Waals surface area contributed by atoms with Crippen molar-refractivity contribution in [3.05, 3.63) is 92.4 Å². The van der Waals surface area contributed by atoms with Gasteiger partial charge in [-0.3, -0.25) is 9.59 Å². The lowest BCUT2D eigenvalue weighted by molar-refractivity contribution is -0.121. The molecule has 0 aromatic heterocycles. The van der Waals surface area contributed by atoms with Crippen LogP contribution in [0.15, 0.2) is 65.6 Å². The van der Waals surface area contributed by atoms with Crippen LogP contribution in [0.1, 0.15) is 40.7 Å². The molecule has 1 fully saturated rings. The van der Waals surface area contributed by atoms with Crippen molar-refractivity contribution in [3.8, 4) is 0 Å². The second-order valence-electron chi connectivity index (χ2n) is 9.63. The summed E-state index contributed by atoms with van der Waals surface area (Å²) < 4.78 is 28.7. The number of carbonyl (C=O) groups excluding carboxylic acids is 2. The van der Waals surface area contributed by atoms with Crippen molar-refractivity contribution in [1.29, 1.82) is 0 Å². The summed E-state index contributed by atoms with van der Waals surface area (Å²) in [7, 11) is -3.98. The number of nitrogens with zero attached hydrogens (tertiary/aromatic N) is 2. The van der Waals surface area contributed by atoms with Gasteiger partial charge in [-0.05, 0) is 73.2 Å². The molecular formula is C28H26Cl3N3O4S. The lowest BCUT2D eigenvalue weighted by Crippen LogP contribution is -2.50. The highest BCUT2D eigenvalue weighted by molar-refractivity contribution is 7.89. The Balaban J connectivity index is 1.39. The molecule has 2 aliphatic heterocycles. The molecule has 0 aliphatic carbocycles. The molecule has 5 rings (SSSR count). The number of hydrogen-bond donors (Lipinski definition) is 1. The van der Waals surface area contributed by atoms with Crippen LogP contribution in [0.3, 0.4) is 0 Å². The van der Waals surface area contributed by atoms with E-state index in [4.69, 9.17) is 34.8 Å². The Morgan fingerprint density at radius 2 is 1.62 bits per heavy atom. The predicted molar refractivity (Wildman–Crippen MR) is 153 cm³/mol. The quantitative estimate of drug-likeness (QED) is 0.384. The molecule has 39 heavy (non-hydrogen) atoms. The smallest absolute Gasteiger partial charge is 0.254 e. The van der Waals surface area contributed by atoms with Gasteiger partial charge in [0.2, 0.25) is 15.9 Å². The van der Waals surface area contributed by atoms with E-state index >= 15 is 0 Å². The van der Waals surface area contributed by atoms with Crippen molar-refractivity contribution in [2.75, 3.05) is 18.4 Å². The standard InChI is InChI=1S/C28H26Cl3N3O4S/c29-21-9-11-22(30)24(16-21)32-27(35)25-7-3-4-13-34(25)28(36)19-8-10-23(31)26(15-19)39(37,38)33-14-12-18-5-1-2-6-20(18)17-33/h1-2,5-6,8-11,15-16,25H,3-4,7,12-14,17H2,(H,32,35). The molecule has 0 saturated carbocycles. The Labute approximate surface area is 242 Å². The first-order valence-corrected chi connectivity index (χ1v) is 15.2. The van der Waals surface area contributed by atoms with Crippen molar-refractivity contribution in [2.24, 2.45) is 0 Å². The molecule has 0 bridgehead atoms.